The first kappa shape index (κ1) is 28.7. The Morgan fingerprint density at radius 1 is 0.688 bits per heavy atom. The number of unbranched alkanes of at least 4 members (excludes halogenated alkanes) is 2. The predicted octanol–water partition coefficient (Wildman–Crippen LogP) is 2.25. The molecule has 2 aliphatic rings. The SMILES string of the molecule is CCCCC1=Cc2ccccc2[CH]1[Zr+2]([CH]1C(CCCC)=Cc2ccccc21)[SiH](C)C.[I-].[I-]. The van der Waals surface area contributed by atoms with E-state index in [0.717, 1.165) is 7.25 Å². The van der Waals surface area contributed by atoms with Crippen LogP contribution in [0.15, 0.2) is 59.7 Å². The predicted molar refractivity (Wildman–Crippen MR) is 132 cm³/mol. The number of allylic oxidation sites excluding steroid dienone is 2. The summed E-state index contributed by atoms with van der Waals surface area (Å²) >= 11 is -1.85. The molecule has 0 nitrogen and oxygen atoms in total. The molecule has 0 spiro atoms. The topological polar surface area (TPSA) is 0 Å². The van der Waals surface area contributed by atoms with Crippen LogP contribution in [0.1, 0.15) is 81.9 Å². The third kappa shape index (κ3) is 5.99. The normalized spacial score (nSPS) is 18.3. The van der Waals surface area contributed by atoms with Gasteiger partial charge in [-0.2, -0.15) is 0 Å². The number of hydrogen-bond donors (Lipinski definition) is 0. The van der Waals surface area contributed by atoms with Gasteiger partial charge in [0.2, 0.25) is 0 Å². The summed E-state index contributed by atoms with van der Waals surface area (Å²) in [6, 6.07) is 18.8. The molecule has 2 unspecified atom stereocenters. The minimum absolute atomic E-state index is 0. The Labute approximate surface area is 239 Å². The Bertz CT molecular complexity index is 876. The van der Waals surface area contributed by atoms with E-state index in [2.05, 4.69) is 87.6 Å². The molecule has 0 aliphatic heterocycles. The van der Waals surface area contributed by atoms with Crippen LogP contribution < -0.4 is 48.0 Å². The summed E-state index contributed by atoms with van der Waals surface area (Å²) in [6.07, 6.45) is 13.1. The maximum Gasteiger partial charge on any atom is -1.00 e. The van der Waals surface area contributed by atoms with Crippen molar-refractivity contribution >= 4 is 18.1 Å². The van der Waals surface area contributed by atoms with Crippen molar-refractivity contribution in [2.75, 3.05) is 0 Å². The number of fused-ring (bicyclic) bond motifs is 2. The van der Waals surface area contributed by atoms with E-state index in [1.165, 1.54) is 49.7 Å². The van der Waals surface area contributed by atoms with Gasteiger partial charge in [-0.25, -0.2) is 0 Å². The van der Waals surface area contributed by atoms with Gasteiger partial charge in [0, 0.05) is 0 Å². The minimum atomic E-state index is -1.85. The van der Waals surface area contributed by atoms with Gasteiger partial charge < -0.3 is 48.0 Å². The molecule has 0 saturated carbocycles. The van der Waals surface area contributed by atoms with Gasteiger partial charge in [0.1, 0.15) is 0 Å². The third-order valence-corrected chi connectivity index (χ3v) is 28.7. The summed E-state index contributed by atoms with van der Waals surface area (Å²) in [5.74, 6) is -0.739. The van der Waals surface area contributed by atoms with Gasteiger partial charge in [0.15, 0.2) is 0 Å². The molecule has 0 amide bonds. The quantitative estimate of drug-likeness (QED) is 0.273. The molecule has 0 saturated heterocycles. The summed E-state index contributed by atoms with van der Waals surface area (Å²) < 4.78 is 1.62. The standard InChI is InChI=1S/2C13H15.C2H7Si.2HI.Zr/c2*1-2-3-6-11-9-12-7-4-5-8-13(12)10-11;1-3-2;;;/h2*4-5,7-10H,2-3,6H2,1H3;3H,1-2H3;2*1H;/q;;;;;+2/p-2. The zero-order valence-corrected chi connectivity index (χ0v) is 27.9. The van der Waals surface area contributed by atoms with E-state index in [-0.39, 0.29) is 48.0 Å². The molecule has 4 rings (SSSR count). The van der Waals surface area contributed by atoms with Gasteiger partial charge in [-0.3, -0.25) is 0 Å². The summed E-state index contributed by atoms with van der Waals surface area (Å²) in [7, 11) is 0. The Morgan fingerprint density at radius 3 is 1.47 bits per heavy atom. The molecule has 2 atom stereocenters. The fourth-order valence-corrected chi connectivity index (χ4v) is 28.5. The van der Waals surface area contributed by atoms with Gasteiger partial charge in [0.25, 0.3) is 0 Å². The largest absolute Gasteiger partial charge is 1.00 e. The van der Waals surface area contributed by atoms with Crippen LogP contribution in [0.2, 0.25) is 13.1 Å². The number of benzene rings is 2. The minimum Gasteiger partial charge on any atom is -1.00 e. The number of rotatable bonds is 9. The summed E-state index contributed by atoms with van der Waals surface area (Å²) in [6.45, 7) is 10.1. The van der Waals surface area contributed by atoms with Crippen molar-refractivity contribution < 1.29 is 68.9 Å². The Hall–Kier alpha value is 0.480. The first-order valence-corrected chi connectivity index (χ1v) is 22.1. The van der Waals surface area contributed by atoms with Crippen molar-refractivity contribution in [1.29, 1.82) is 0 Å². The first-order valence-electron chi connectivity index (χ1n) is 12.1. The van der Waals surface area contributed by atoms with Gasteiger partial charge in [-0.15, -0.1) is 0 Å². The average Bonchev–Trinajstić information content (AvgIpc) is 3.30. The summed E-state index contributed by atoms with van der Waals surface area (Å²) in [5, 5.41) is 0. The molecule has 2 aliphatic carbocycles. The van der Waals surface area contributed by atoms with Crippen LogP contribution in [-0.4, -0.2) is 5.92 Å². The fraction of sp³-hybridized carbons (Fsp3) is 0.429. The summed E-state index contributed by atoms with van der Waals surface area (Å²) in [4.78, 5) is 0. The molecule has 32 heavy (non-hydrogen) atoms. The second-order valence-corrected chi connectivity index (χ2v) is 29.5. The molecular weight excluding hydrogens is 709 g/mol. The fourth-order valence-electron chi connectivity index (χ4n) is 5.59. The molecule has 0 radical (unpaired) electrons. The molecule has 171 valence electrons. The van der Waals surface area contributed by atoms with Crippen molar-refractivity contribution in [3.63, 3.8) is 0 Å². The Morgan fingerprint density at radius 2 is 1.09 bits per heavy atom. The number of halogens is 2. The van der Waals surface area contributed by atoms with Crippen molar-refractivity contribution in [2.24, 2.45) is 0 Å². The van der Waals surface area contributed by atoms with Crippen LogP contribution >= 0.6 is 0 Å². The average molecular weight is 747 g/mol. The first-order chi connectivity index (χ1) is 14.7. The zero-order valence-electron chi connectivity index (χ0n) is 20.0. The van der Waals surface area contributed by atoms with Gasteiger partial charge in [-0.05, 0) is 0 Å². The molecule has 0 aromatic heterocycles. The molecular formula is C28H37I2SiZr. The van der Waals surface area contributed by atoms with E-state index in [1.54, 1.807) is 22.3 Å². The monoisotopic (exact) mass is 745 g/mol. The smallest absolute Gasteiger partial charge is 1.00 e. The van der Waals surface area contributed by atoms with E-state index < -0.39 is 26.8 Å². The van der Waals surface area contributed by atoms with E-state index in [1.807, 2.05) is 0 Å². The van der Waals surface area contributed by atoms with Crippen molar-refractivity contribution in [2.45, 2.75) is 72.7 Å². The van der Waals surface area contributed by atoms with Gasteiger partial charge in [-0.1, -0.05) is 0 Å². The molecule has 0 fully saturated rings. The maximum absolute atomic E-state index is 2.69. The van der Waals surface area contributed by atoms with Crippen molar-refractivity contribution in [3.8, 4) is 0 Å². The second kappa shape index (κ2) is 13.5. The molecule has 2 aromatic carbocycles. The van der Waals surface area contributed by atoms with Gasteiger partial charge >= 0.3 is 194 Å². The van der Waals surface area contributed by atoms with Crippen LogP contribution in [-0.2, 0) is 20.9 Å². The molecule has 0 N–H and O–H groups in total. The van der Waals surface area contributed by atoms with Crippen molar-refractivity contribution in [3.05, 3.63) is 81.9 Å². The van der Waals surface area contributed by atoms with Gasteiger partial charge in [0.05, 0.1) is 0 Å². The molecule has 2 aromatic rings. The zero-order chi connectivity index (χ0) is 21.1. The maximum atomic E-state index is 2.69. The Balaban J connectivity index is 0.00000181. The second-order valence-electron chi connectivity index (χ2n) is 9.42. The van der Waals surface area contributed by atoms with E-state index in [0.29, 0.717) is 0 Å². The molecule has 0 bridgehead atoms. The third-order valence-electron chi connectivity index (χ3n) is 7.01. The van der Waals surface area contributed by atoms with Crippen LogP contribution in [0, 0.1) is 0 Å². The summed E-state index contributed by atoms with van der Waals surface area (Å²) in [5.41, 5.74) is 10.1. The van der Waals surface area contributed by atoms with E-state index in [9.17, 15) is 0 Å². The van der Waals surface area contributed by atoms with Crippen LogP contribution in [0.25, 0.3) is 12.2 Å². The van der Waals surface area contributed by atoms with E-state index in [4.69, 9.17) is 0 Å². The van der Waals surface area contributed by atoms with Crippen molar-refractivity contribution in [1.82, 2.24) is 0 Å². The van der Waals surface area contributed by atoms with Crippen LogP contribution in [0.4, 0.5) is 0 Å². The molecule has 4 heteroatoms. The van der Waals surface area contributed by atoms with E-state index >= 15 is 0 Å². The molecule has 0 heterocycles. The van der Waals surface area contributed by atoms with Crippen LogP contribution in [0.5, 0.6) is 0 Å². The van der Waals surface area contributed by atoms with Crippen LogP contribution in [0.3, 0.4) is 0 Å². The number of hydrogen-bond acceptors (Lipinski definition) is 0. The Kier molecular flexibility index (Phi) is 12.1.